The van der Waals surface area contributed by atoms with Gasteiger partial charge in [-0.2, -0.15) is 5.26 Å². The van der Waals surface area contributed by atoms with Crippen molar-refractivity contribution < 1.29 is 142 Å². The Kier molecular flexibility index (Phi) is 41.1. The highest BCUT2D eigenvalue weighted by molar-refractivity contribution is 5.89. The number of likely N-dealkylation sites (N-methyl/N-ethyl adjacent to an activating group) is 1. The van der Waals surface area contributed by atoms with Crippen LogP contribution in [0.15, 0.2) is 108 Å². The van der Waals surface area contributed by atoms with Crippen LogP contribution in [0.5, 0.6) is 28.7 Å². The van der Waals surface area contributed by atoms with E-state index in [1.165, 1.54) is 16.7 Å². The number of hydrogen-bond donors (Lipinski definition) is 13. The number of aliphatic hydroxyl groups excluding tert-OH is 10. The molecule has 0 aromatic heterocycles. The maximum Gasteiger partial charge on any atom is 0.377 e. The second kappa shape index (κ2) is 50.1. The monoisotopic (exact) mass is 1880 g/mol. The summed E-state index contributed by atoms with van der Waals surface area (Å²) < 4.78 is 78.5. The number of carbonyl (C=O) groups excluding carboxylic acids is 2. The second-order valence-electron chi connectivity index (χ2n) is 39.1. The number of aliphatic hydroxyl groups is 11. The van der Waals surface area contributed by atoms with Crippen molar-refractivity contribution in [2.45, 2.75) is 313 Å². The van der Waals surface area contributed by atoms with Gasteiger partial charge in [-0.15, -0.1) is 0 Å². The van der Waals surface area contributed by atoms with Gasteiger partial charge in [-0.1, -0.05) is 104 Å². The average molecular weight is 1890 g/mol. The van der Waals surface area contributed by atoms with Crippen molar-refractivity contribution in [2.24, 2.45) is 46.3 Å². The van der Waals surface area contributed by atoms with E-state index in [9.17, 15) is 55.4 Å². The minimum absolute atomic E-state index is 0.0452. The van der Waals surface area contributed by atoms with Crippen LogP contribution in [0.2, 0.25) is 0 Å². The van der Waals surface area contributed by atoms with Gasteiger partial charge in [0.25, 0.3) is 0 Å². The fourth-order valence-electron chi connectivity index (χ4n) is 21.0. The first-order valence-electron chi connectivity index (χ1n) is 47.6. The van der Waals surface area contributed by atoms with Gasteiger partial charge in [0, 0.05) is 57.0 Å². The van der Waals surface area contributed by atoms with Gasteiger partial charge in [0.1, 0.15) is 49.5 Å². The number of methoxy groups -OCH3 is 5. The number of aliphatic carboxylic acids is 1. The molecular weight excluding hydrogens is 1730 g/mol. The lowest BCUT2D eigenvalue weighted by molar-refractivity contribution is -0.336. The van der Waals surface area contributed by atoms with Gasteiger partial charge in [0.05, 0.1) is 113 Å². The van der Waals surface area contributed by atoms with Gasteiger partial charge < -0.3 is 138 Å². The number of cyclic esters (lactones) is 2. The molecule has 3 saturated heterocycles. The molecule has 3 unspecified atom stereocenters. The summed E-state index contributed by atoms with van der Waals surface area (Å²) in [4.78, 5) is 35.6. The minimum atomic E-state index is -1.42. The molecule has 5 heterocycles. The molecule has 32 nitrogen and oxygen atoms in total. The number of carboxylic acids is 1. The number of nitrogens with one attached hydrogen (secondary N) is 1. The Bertz CT molecular complexity index is 4420. The van der Waals surface area contributed by atoms with Crippen molar-refractivity contribution in [3.8, 4) is 34.8 Å². The van der Waals surface area contributed by atoms with Crippen molar-refractivity contribution in [3.63, 3.8) is 0 Å². The first kappa shape index (κ1) is 110. The van der Waals surface area contributed by atoms with E-state index < -0.39 is 151 Å². The van der Waals surface area contributed by atoms with Crippen molar-refractivity contribution >= 4 is 17.9 Å². The van der Waals surface area contributed by atoms with Crippen LogP contribution in [-0.2, 0) is 81.7 Å². The Morgan fingerprint density at radius 3 is 1.78 bits per heavy atom. The molecule has 134 heavy (non-hydrogen) atoms. The Morgan fingerprint density at radius 2 is 1.25 bits per heavy atom. The zero-order valence-electron chi connectivity index (χ0n) is 81.6. The molecule has 32 heteroatoms. The highest BCUT2D eigenvalue weighted by Gasteiger charge is 2.71. The van der Waals surface area contributed by atoms with E-state index >= 15 is 0 Å². The molecule has 5 aliphatic heterocycles. The summed E-state index contributed by atoms with van der Waals surface area (Å²) in [5, 5.41) is 134. The van der Waals surface area contributed by atoms with Gasteiger partial charge in [-0.25, -0.2) is 9.59 Å². The molecule has 0 bridgehead atoms. The number of fused-ring (bicyclic) bond motifs is 5. The highest BCUT2D eigenvalue weighted by atomic mass is 16.7. The molecule has 4 aromatic carbocycles. The van der Waals surface area contributed by atoms with E-state index in [1.54, 1.807) is 62.4 Å². The quantitative estimate of drug-likeness (QED) is 0.0150. The summed E-state index contributed by atoms with van der Waals surface area (Å²) in [5.74, 6) is 0.637. The van der Waals surface area contributed by atoms with Crippen molar-refractivity contribution in [1.29, 1.82) is 5.26 Å². The summed E-state index contributed by atoms with van der Waals surface area (Å²) in [6, 6.07) is 30.6. The van der Waals surface area contributed by atoms with Crippen LogP contribution in [-0.4, -0.2) is 289 Å². The number of carbonyl (C=O) groups is 3. The molecule has 26 atom stereocenters. The van der Waals surface area contributed by atoms with Crippen LogP contribution < -0.4 is 29.0 Å². The molecule has 4 saturated carbocycles. The van der Waals surface area contributed by atoms with Crippen molar-refractivity contribution in [1.82, 2.24) is 10.2 Å². The van der Waals surface area contributed by atoms with Gasteiger partial charge >= 0.3 is 17.9 Å². The minimum Gasteiger partial charge on any atom is -0.505 e. The molecule has 13 rings (SSSR count). The first-order chi connectivity index (χ1) is 63.5. The molecule has 0 spiro atoms. The number of benzene rings is 4. The number of carboxylic acid groups (broad SMARTS) is 1. The smallest absolute Gasteiger partial charge is 0.377 e. The lowest BCUT2D eigenvalue weighted by atomic mass is 9.42. The third-order valence-electron chi connectivity index (χ3n) is 29.1. The maximum atomic E-state index is 12.6. The number of rotatable bonds is 35. The third kappa shape index (κ3) is 27.4. The van der Waals surface area contributed by atoms with E-state index in [4.69, 9.17) is 87.1 Å². The van der Waals surface area contributed by atoms with Crippen LogP contribution in [0, 0.1) is 57.7 Å². The van der Waals surface area contributed by atoms with Crippen LogP contribution in [0.25, 0.3) is 0 Å². The highest BCUT2D eigenvalue weighted by Crippen LogP contribution is 2.70. The summed E-state index contributed by atoms with van der Waals surface area (Å²) in [6.45, 7) is 27.0. The number of esters is 2. The first-order valence-corrected chi connectivity index (χ1v) is 47.6. The topological polar surface area (TPSA) is 462 Å². The van der Waals surface area contributed by atoms with E-state index in [-0.39, 0.29) is 67.0 Å². The normalized spacial score (nSPS) is 31.5. The lowest BCUT2D eigenvalue weighted by Gasteiger charge is -2.65. The molecule has 0 amide bonds. The molecule has 7 fully saturated rings. The molecule has 4 aliphatic carbocycles. The van der Waals surface area contributed by atoms with Crippen LogP contribution in [0.4, 0.5) is 0 Å². The Balaban J connectivity index is 0.000000215. The van der Waals surface area contributed by atoms with Gasteiger partial charge in [-0.3, -0.25) is 4.79 Å². The van der Waals surface area contributed by atoms with E-state index in [0.717, 1.165) is 124 Å². The van der Waals surface area contributed by atoms with E-state index in [0.29, 0.717) is 55.4 Å². The van der Waals surface area contributed by atoms with Crippen LogP contribution in [0.1, 0.15) is 200 Å². The third-order valence-corrected chi connectivity index (χ3v) is 29.1. The number of nitrogens with zero attached hydrogens (tertiary/aromatic N) is 2. The molecule has 13 N–H and O–H groups in total. The summed E-state index contributed by atoms with van der Waals surface area (Å²) in [5.41, 5.74) is 4.07. The number of hydrogen-bond acceptors (Lipinski definition) is 31. The SMILES string of the molecule is CC(C)Cc1ccc(C(C)C(=O)O)cc1.COCCc1ccc(OCC(O)CNC(C)C)cc1.COc1ccc(CCN(C)CCCC(C#N)(c2ccc(OC)c(OC)c2)C(C)C)cc1OC.C[C@H]1O[C@@H](O[C@H]2[C@@H](O)C[C@H](O[C@H]3[C@@H](O)C[C@H](O[C@H]4CC[C@@]5(C)[C@H](CC[C@@H]6[C@@H]5C[C@@H](O)[C@]5(C)[C@@H](C7=CC(=O)OC7)CC[C@]65O)C4)O[C@@H]3C)O[C@@H]2C)C[C@H](O)[C@@H]1O.O=C1O[C@H]([C@@H](O)CO)C(O)=C1O. The lowest BCUT2D eigenvalue weighted by Crippen LogP contribution is -2.67. The number of ether oxygens (including phenoxy) is 14. The largest absolute Gasteiger partial charge is 0.505 e. The molecule has 750 valence electrons. The number of nitriles is 1. The maximum absolute atomic E-state index is 12.6. The molecule has 4 aromatic rings. The Hall–Kier alpha value is -7.86. The van der Waals surface area contributed by atoms with Gasteiger partial charge in [0.2, 0.25) is 5.76 Å². The molecule has 9 aliphatic rings. The second-order valence-corrected chi connectivity index (χ2v) is 39.1. The zero-order chi connectivity index (χ0) is 98.4. The van der Waals surface area contributed by atoms with E-state index in [1.807, 2.05) is 107 Å². The van der Waals surface area contributed by atoms with E-state index in [2.05, 4.69) is 68.8 Å². The molecular formula is C102H153N3O29. The fraction of sp³-hybridized carbons (Fsp3) is 0.686. The van der Waals surface area contributed by atoms with Crippen molar-refractivity contribution in [2.75, 3.05) is 88.7 Å². The van der Waals surface area contributed by atoms with Gasteiger partial charge in [-0.05, 0) is 235 Å². The predicted octanol–water partition coefficient (Wildman–Crippen LogP) is 10.6. The van der Waals surface area contributed by atoms with Crippen LogP contribution >= 0.6 is 0 Å². The Labute approximate surface area is 790 Å². The summed E-state index contributed by atoms with van der Waals surface area (Å²) in [7, 11) is 10.4. The van der Waals surface area contributed by atoms with Gasteiger partial charge in [0.15, 0.2) is 53.7 Å². The average Bonchev–Trinajstić information content (AvgIpc) is 1.47. The predicted molar refractivity (Wildman–Crippen MR) is 497 cm³/mol. The standard InChI is InChI=1S/C41H64O14.C27H38N2O4.C15H25NO3.C13H18O2.C6H8O6/c1-19-36(47)28(42)15-34(50-19)54-38-21(3)52-35(17-30(38)44)55-37-20(2)51-33(16-29(37)43)53-24-8-10-39(4)23(13-24)6-7-26-27(39)14-31(45)40(5)25(9-11-41(26,40)48)22-12-32(46)49-18-22;1-20(2)27(19-28,22-10-12-24(31-5)26(18-22)33-7)14-8-15-29(3)16-13-21-9-11-23(30-4)25(17-21)32-6;1-12(2)16-10-14(17)11-19-15-6-4-13(5-7-15)8-9-18-3;1-9(2)8-11-4-6-12(7-5-11)10(3)13(14)15;7-1-2(8)5-3(9)4(10)6(11)12-5/h12,19-21,23-31,33-38,42-45,47-48H,6-11,13-18H2,1-5H3;9-12,17-18,20H,8,13-16H2,1-7H3;4-7,12,14,16-17H,8-11H2,1-3H3;4-7,9-10H,8H2,1-3H3,(H,14,15);2,5,7-10H,1H2/t19-,20-,21-,23-,24+,25-,26-,27+,28+,29+,30+,31-,33+,34+,35+,36-,37-,38-,39+,40+,41+;;;;2-,5+/m1...0/s1. The molecule has 0 radical (unpaired) electrons. The summed E-state index contributed by atoms with van der Waals surface area (Å²) >= 11 is 0. The van der Waals surface area contributed by atoms with Crippen molar-refractivity contribution in [3.05, 3.63) is 136 Å². The fourth-order valence-corrected chi connectivity index (χ4v) is 21.0. The van der Waals surface area contributed by atoms with Crippen LogP contribution in [0.3, 0.4) is 0 Å². The zero-order valence-corrected chi connectivity index (χ0v) is 81.6. The Morgan fingerprint density at radius 1 is 0.672 bits per heavy atom. The summed E-state index contributed by atoms with van der Waals surface area (Å²) in [6.07, 6.45) is -0.224.